The van der Waals surface area contributed by atoms with Crippen molar-refractivity contribution in [2.45, 2.75) is 39.3 Å². The molecule has 5 nitrogen and oxygen atoms in total. The summed E-state index contributed by atoms with van der Waals surface area (Å²) in [6.45, 7) is 2.75. The van der Waals surface area contributed by atoms with E-state index in [1.54, 1.807) is 22.7 Å². The first-order valence-corrected chi connectivity index (χ1v) is 10.1. The molecule has 130 valence electrons. The van der Waals surface area contributed by atoms with Gasteiger partial charge in [-0.3, -0.25) is 14.2 Å². The number of carbonyl (C=O) groups is 1. The molecule has 1 aliphatic carbocycles. The maximum Gasteiger partial charge on any atom is 0.262 e. The molecule has 1 aliphatic rings. The molecular formula is C18H19N3O2S2. The number of nitrogens with one attached hydrogen (secondary N) is 1. The van der Waals surface area contributed by atoms with Crippen molar-refractivity contribution in [2.24, 2.45) is 5.92 Å². The van der Waals surface area contributed by atoms with E-state index in [-0.39, 0.29) is 18.0 Å². The van der Waals surface area contributed by atoms with Gasteiger partial charge in [-0.2, -0.15) is 0 Å². The van der Waals surface area contributed by atoms with Crippen molar-refractivity contribution in [1.29, 1.82) is 0 Å². The van der Waals surface area contributed by atoms with Gasteiger partial charge >= 0.3 is 0 Å². The molecule has 0 fully saturated rings. The predicted octanol–water partition coefficient (Wildman–Crippen LogP) is 2.96. The summed E-state index contributed by atoms with van der Waals surface area (Å²) in [5, 5.41) is 5.56. The highest BCUT2D eigenvalue weighted by molar-refractivity contribution is 7.18. The maximum absolute atomic E-state index is 12.9. The number of hydrogen-bond acceptors (Lipinski definition) is 5. The van der Waals surface area contributed by atoms with Crippen LogP contribution in [0.4, 0.5) is 0 Å². The van der Waals surface area contributed by atoms with Crippen LogP contribution in [0, 0.1) is 5.92 Å². The van der Waals surface area contributed by atoms with E-state index in [0.29, 0.717) is 12.5 Å². The molecule has 1 unspecified atom stereocenters. The molecule has 0 aromatic carbocycles. The highest BCUT2D eigenvalue weighted by atomic mass is 32.1. The second-order valence-electron chi connectivity index (χ2n) is 6.57. The third-order valence-corrected chi connectivity index (χ3v) is 6.67. The minimum absolute atomic E-state index is 0.00811. The van der Waals surface area contributed by atoms with Crippen LogP contribution in [-0.2, 0) is 30.7 Å². The second-order valence-corrected chi connectivity index (χ2v) is 8.68. The number of aromatic nitrogens is 2. The fourth-order valence-electron chi connectivity index (χ4n) is 3.29. The fourth-order valence-corrected chi connectivity index (χ4v) is 5.27. The molecule has 0 saturated carbocycles. The van der Waals surface area contributed by atoms with E-state index in [9.17, 15) is 9.59 Å². The van der Waals surface area contributed by atoms with Crippen LogP contribution in [0.1, 0.15) is 28.7 Å². The molecule has 1 amide bonds. The van der Waals surface area contributed by atoms with Gasteiger partial charge in [0.1, 0.15) is 11.4 Å². The first-order valence-electron chi connectivity index (χ1n) is 8.40. The minimum Gasteiger partial charge on any atom is -0.350 e. The van der Waals surface area contributed by atoms with Crippen molar-refractivity contribution < 1.29 is 4.79 Å². The lowest BCUT2D eigenvalue weighted by atomic mass is 9.89. The van der Waals surface area contributed by atoms with Gasteiger partial charge in [-0.15, -0.1) is 22.7 Å². The molecule has 25 heavy (non-hydrogen) atoms. The van der Waals surface area contributed by atoms with Gasteiger partial charge < -0.3 is 5.32 Å². The van der Waals surface area contributed by atoms with E-state index in [0.717, 1.165) is 39.9 Å². The normalized spacial score (nSPS) is 16.8. The Hall–Kier alpha value is -1.99. The van der Waals surface area contributed by atoms with Gasteiger partial charge in [-0.25, -0.2) is 4.98 Å². The summed E-state index contributed by atoms with van der Waals surface area (Å²) in [5.74, 6) is 0.486. The monoisotopic (exact) mass is 373 g/mol. The number of rotatable bonds is 4. The number of amides is 1. The van der Waals surface area contributed by atoms with Gasteiger partial charge in [0.15, 0.2) is 0 Å². The van der Waals surface area contributed by atoms with Crippen LogP contribution in [0.2, 0.25) is 0 Å². The zero-order valence-corrected chi connectivity index (χ0v) is 15.6. The molecule has 1 atom stereocenters. The number of hydrogen-bond donors (Lipinski definition) is 1. The average molecular weight is 374 g/mol. The molecule has 0 radical (unpaired) electrons. The highest BCUT2D eigenvalue weighted by Crippen LogP contribution is 2.35. The van der Waals surface area contributed by atoms with Crippen LogP contribution >= 0.6 is 22.7 Å². The van der Waals surface area contributed by atoms with Gasteiger partial charge in [-0.05, 0) is 42.2 Å². The molecular weight excluding hydrogens is 354 g/mol. The van der Waals surface area contributed by atoms with Gasteiger partial charge in [0.25, 0.3) is 5.56 Å². The Morgan fingerprint density at radius 1 is 1.48 bits per heavy atom. The van der Waals surface area contributed by atoms with Crippen LogP contribution < -0.4 is 10.9 Å². The van der Waals surface area contributed by atoms with Crippen molar-refractivity contribution in [3.8, 4) is 0 Å². The third-order valence-electron chi connectivity index (χ3n) is 4.64. The van der Waals surface area contributed by atoms with Crippen molar-refractivity contribution in [1.82, 2.24) is 14.9 Å². The number of thiophene rings is 2. The maximum atomic E-state index is 12.9. The van der Waals surface area contributed by atoms with Crippen LogP contribution in [0.3, 0.4) is 0 Å². The Labute approximate surface area is 153 Å². The van der Waals surface area contributed by atoms with Crippen molar-refractivity contribution in [3.05, 3.63) is 49.5 Å². The zero-order chi connectivity index (χ0) is 17.4. The average Bonchev–Trinajstić information content (AvgIpc) is 3.22. The predicted molar refractivity (Wildman–Crippen MR) is 101 cm³/mol. The molecule has 0 aliphatic heterocycles. The summed E-state index contributed by atoms with van der Waals surface area (Å²) in [5.41, 5.74) is 1.06. The Morgan fingerprint density at radius 2 is 2.36 bits per heavy atom. The SMILES string of the molecule is CC1CCc2c(sc3ncn(CC(=O)NCc4cccs4)c(=O)c23)C1. The van der Waals surface area contributed by atoms with Crippen molar-refractivity contribution in [2.75, 3.05) is 0 Å². The standard InChI is InChI=1S/C18H19N3O2S2/c1-11-4-5-13-14(7-11)25-17-16(13)18(23)21(10-20-17)9-15(22)19-8-12-3-2-6-24-12/h2-3,6,10-11H,4-5,7-9H2,1H3,(H,19,22). The summed E-state index contributed by atoms with van der Waals surface area (Å²) >= 11 is 3.23. The second kappa shape index (κ2) is 6.72. The summed E-state index contributed by atoms with van der Waals surface area (Å²) in [4.78, 5) is 32.7. The van der Waals surface area contributed by atoms with Crippen LogP contribution in [0.25, 0.3) is 10.2 Å². The molecule has 4 rings (SSSR count). The number of nitrogens with zero attached hydrogens (tertiary/aromatic N) is 2. The van der Waals surface area contributed by atoms with E-state index >= 15 is 0 Å². The lowest BCUT2D eigenvalue weighted by Gasteiger charge is -2.17. The summed E-state index contributed by atoms with van der Waals surface area (Å²) in [6, 6.07) is 3.93. The van der Waals surface area contributed by atoms with Crippen molar-refractivity contribution in [3.63, 3.8) is 0 Å². The molecule has 0 saturated heterocycles. The topological polar surface area (TPSA) is 64.0 Å². The summed E-state index contributed by atoms with van der Waals surface area (Å²) < 4.78 is 1.43. The fraction of sp³-hybridized carbons (Fsp3) is 0.389. The van der Waals surface area contributed by atoms with Gasteiger partial charge in [0.05, 0.1) is 18.3 Å². The molecule has 3 aromatic heterocycles. The van der Waals surface area contributed by atoms with Gasteiger partial charge in [0.2, 0.25) is 5.91 Å². The van der Waals surface area contributed by atoms with Crippen LogP contribution in [0.5, 0.6) is 0 Å². The Balaban J connectivity index is 1.57. The van der Waals surface area contributed by atoms with E-state index in [1.807, 2.05) is 17.5 Å². The first kappa shape index (κ1) is 16.5. The zero-order valence-electron chi connectivity index (χ0n) is 13.9. The lowest BCUT2D eigenvalue weighted by molar-refractivity contribution is -0.121. The minimum atomic E-state index is -0.172. The van der Waals surface area contributed by atoms with Crippen molar-refractivity contribution >= 4 is 38.8 Å². The molecule has 7 heteroatoms. The van der Waals surface area contributed by atoms with E-state index in [4.69, 9.17) is 0 Å². The smallest absolute Gasteiger partial charge is 0.262 e. The summed E-state index contributed by atoms with van der Waals surface area (Å²) in [7, 11) is 0. The van der Waals surface area contributed by atoms with Crippen LogP contribution in [0.15, 0.2) is 28.6 Å². The van der Waals surface area contributed by atoms with E-state index in [2.05, 4.69) is 17.2 Å². The highest BCUT2D eigenvalue weighted by Gasteiger charge is 2.23. The molecule has 0 spiro atoms. The van der Waals surface area contributed by atoms with E-state index in [1.165, 1.54) is 15.8 Å². The largest absolute Gasteiger partial charge is 0.350 e. The molecule has 3 heterocycles. The summed E-state index contributed by atoms with van der Waals surface area (Å²) in [6.07, 6.45) is 4.56. The molecule has 3 aromatic rings. The number of aryl methyl sites for hydroxylation is 1. The Morgan fingerprint density at radius 3 is 3.16 bits per heavy atom. The quantitative estimate of drug-likeness (QED) is 0.765. The third kappa shape index (κ3) is 3.26. The van der Waals surface area contributed by atoms with E-state index < -0.39 is 0 Å². The Bertz CT molecular complexity index is 972. The molecule has 0 bridgehead atoms. The lowest BCUT2D eigenvalue weighted by Crippen LogP contribution is -2.32. The van der Waals surface area contributed by atoms with Crippen LogP contribution in [-0.4, -0.2) is 15.5 Å². The Kier molecular flexibility index (Phi) is 4.43. The van der Waals surface area contributed by atoms with Gasteiger partial charge in [0, 0.05) is 9.75 Å². The number of carbonyl (C=O) groups excluding carboxylic acids is 1. The number of fused-ring (bicyclic) bond motifs is 3. The molecule has 1 N–H and O–H groups in total. The van der Waals surface area contributed by atoms with Gasteiger partial charge in [-0.1, -0.05) is 13.0 Å². The first-order chi connectivity index (χ1) is 12.1.